The van der Waals surface area contributed by atoms with E-state index in [0.717, 1.165) is 0 Å². The summed E-state index contributed by atoms with van der Waals surface area (Å²) in [6, 6.07) is 0. The molecule has 0 aromatic rings. The van der Waals surface area contributed by atoms with Gasteiger partial charge in [-0.3, -0.25) is 4.79 Å². The Bertz CT molecular complexity index is 466. The maximum Gasteiger partial charge on any atom is 0.245 e. The van der Waals surface area contributed by atoms with Crippen molar-refractivity contribution in [3.05, 3.63) is 0 Å². The van der Waals surface area contributed by atoms with Crippen LogP contribution in [-0.2, 0) is 52.2 Å². The lowest BCUT2D eigenvalue weighted by molar-refractivity contribution is -0.124. The molecule has 0 atom stereocenters. The first-order valence-corrected chi connectivity index (χ1v) is 13.2. The Kier molecular flexibility index (Phi) is 33.1. The topological polar surface area (TPSA) is 168 Å². The second kappa shape index (κ2) is 34.0. The summed E-state index contributed by atoms with van der Waals surface area (Å²) in [5.74, 6) is -0.417. The van der Waals surface area contributed by atoms with Gasteiger partial charge in [0.1, 0.15) is 6.61 Å². The third-order valence-electron chi connectivity index (χ3n) is 4.32. The molecule has 0 unspecified atom stereocenters. The van der Waals surface area contributed by atoms with E-state index in [9.17, 15) is 4.79 Å². The van der Waals surface area contributed by atoms with E-state index in [4.69, 9.17) is 58.2 Å². The molecule has 14 heteroatoms. The van der Waals surface area contributed by atoms with E-state index in [1.54, 1.807) is 0 Å². The smallest absolute Gasteiger partial charge is 0.245 e. The third kappa shape index (κ3) is 33.0. The van der Waals surface area contributed by atoms with Crippen LogP contribution in [-0.4, -0.2) is 163 Å². The largest absolute Gasteiger partial charge is 0.387 e. The molecule has 0 aliphatic rings. The van der Waals surface area contributed by atoms with Crippen LogP contribution in [0.25, 0.3) is 0 Å². The standard InChI is InChI=1S/C24H50N2O12/c25-1-3-29-5-7-31-9-11-33-13-15-35-17-19-37-21-22-38-20-18-36-16-14-34-12-10-32-8-6-30-4-2-26-24(28)23-27/h27H,1-23,25H2,(H,26,28). The first-order chi connectivity index (χ1) is 18.8. The lowest BCUT2D eigenvalue weighted by Gasteiger charge is -2.09. The number of nitrogens with two attached hydrogens (primary N) is 1. The number of hydrogen-bond acceptors (Lipinski definition) is 13. The summed E-state index contributed by atoms with van der Waals surface area (Å²) >= 11 is 0. The van der Waals surface area contributed by atoms with Gasteiger partial charge in [-0.25, -0.2) is 0 Å². The van der Waals surface area contributed by atoms with Crippen molar-refractivity contribution in [2.75, 3.05) is 152 Å². The number of amides is 1. The number of ether oxygens (including phenoxy) is 10. The zero-order chi connectivity index (χ0) is 27.6. The third-order valence-corrected chi connectivity index (χ3v) is 4.32. The number of rotatable bonds is 33. The average molecular weight is 559 g/mol. The fourth-order valence-corrected chi connectivity index (χ4v) is 2.48. The summed E-state index contributed by atoms with van der Waals surface area (Å²) in [5, 5.41) is 11.0. The van der Waals surface area contributed by atoms with Crippen LogP contribution in [0.15, 0.2) is 0 Å². The van der Waals surface area contributed by atoms with Crippen LogP contribution in [0.2, 0.25) is 0 Å². The molecule has 4 N–H and O–H groups in total. The zero-order valence-corrected chi connectivity index (χ0v) is 22.8. The van der Waals surface area contributed by atoms with E-state index in [0.29, 0.717) is 145 Å². The molecule has 0 aliphatic heterocycles. The molecule has 0 spiro atoms. The number of hydrogen-bond donors (Lipinski definition) is 3. The minimum Gasteiger partial charge on any atom is -0.387 e. The van der Waals surface area contributed by atoms with Crippen molar-refractivity contribution in [1.82, 2.24) is 5.32 Å². The minimum atomic E-state index is -0.515. The normalized spacial score (nSPS) is 11.3. The maximum absolute atomic E-state index is 10.8. The lowest BCUT2D eigenvalue weighted by atomic mass is 10.6. The maximum atomic E-state index is 10.8. The summed E-state index contributed by atoms with van der Waals surface area (Å²) in [7, 11) is 0. The first-order valence-electron chi connectivity index (χ1n) is 13.2. The number of aliphatic hydroxyl groups excluding tert-OH is 1. The van der Waals surface area contributed by atoms with Gasteiger partial charge in [-0.2, -0.15) is 0 Å². The molecule has 0 rings (SSSR count). The molecule has 0 bridgehead atoms. The van der Waals surface area contributed by atoms with Gasteiger partial charge in [-0.15, -0.1) is 0 Å². The highest BCUT2D eigenvalue weighted by atomic mass is 16.6. The van der Waals surface area contributed by atoms with Gasteiger partial charge in [-0.1, -0.05) is 0 Å². The van der Waals surface area contributed by atoms with Crippen molar-refractivity contribution in [3.8, 4) is 0 Å². The molecule has 0 radical (unpaired) electrons. The molecule has 14 nitrogen and oxygen atoms in total. The van der Waals surface area contributed by atoms with E-state index < -0.39 is 12.5 Å². The number of aliphatic hydroxyl groups is 1. The van der Waals surface area contributed by atoms with Gasteiger partial charge in [0, 0.05) is 13.1 Å². The zero-order valence-electron chi connectivity index (χ0n) is 22.8. The Morgan fingerprint density at radius 1 is 0.447 bits per heavy atom. The monoisotopic (exact) mass is 558 g/mol. The molecule has 0 aromatic heterocycles. The van der Waals surface area contributed by atoms with Crippen molar-refractivity contribution >= 4 is 5.91 Å². The fourth-order valence-electron chi connectivity index (χ4n) is 2.48. The Morgan fingerprint density at radius 2 is 0.684 bits per heavy atom. The molecular weight excluding hydrogens is 508 g/mol. The molecule has 0 aliphatic carbocycles. The van der Waals surface area contributed by atoms with Gasteiger partial charge in [0.05, 0.1) is 132 Å². The molecule has 0 fully saturated rings. The van der Waals surface area contributed by atoms with Gasteiger partial charge in [0.25, 0.3) is 0 Å². The Balaban J connectivity index is 3.03. The Labute approximate surface area is 226 Å². The van der Waals surface area contributed by atoms with Crippen molar-refractivity contribution in [3.63, 3.8) is 0 Å². The Morgan fingerprint density at radius 3 is 0.921 bits per heavy atom. The van der Waals surface area contributed by atoms with Crippen LogP contribution in [0.3, 0.4) is 0 Å². The van der Waals surface area contributed by atoms with Crippen LogP contribution in [0.1, 0.15) is 0 Å². The molecule has 0 heterocycles. The van der Waals surface area contributed by atoms with Crippen molar-refractivity contribution in [1.29, 1.82) is 0 Å². The number of carbonyl (C=O) groups is 1. The van der Waals surface area contributed by atoms with Crippen LogP contribution in [0, 0.1) is 0 Å². The molecule has 0 saturated carbocycles. The van der Waals surface area contributed by atoms with Gasteiger partial charge < -0.3 is 63.5 Å². The van der Waals surface area contributed by atoms with Crippen molar-refractivity contribution in [2.45, 2.75) is 0 Å². The van der Waals surface area contributed by atoms with Crippen LogP contribution >= 0.6 is 0 Å². The molecule has 1 amide bonds. The molecular formula is C24H50N2O12. The number of nitrogens with one attached hydrogen (secondary N) is 1. The van der Waals surface area contributed by atoms with Crippen molar-refractivity contribution < 1.29 is 57.3 Å². The summed E-state index contributed by atoms with van der Waals surface area (Å²) in [4.78, 5) is 10.8. The quantitative estimate of drug-likeness (QED) is 0.0774. The minimum absolute atomic E-state index is 0.361. The van der Waals surface area contributed by atoms with Gasteiger partial charge in [0.15, 0.2) is 0 Å². The van der Waals surface area contributed by atoms with E-state index >= 15 is 0 Å². The second-order valence-corrected chi connectivity index (χ2v) is 7.42. The highest BCUT2D eigenvalue weighted by Gasteiger charge is 1.97. The summed E-state index contributed by atoms with van der Waals surface area (Å²) in [5.41, 5.74) is 5.32. The highest BCUT2D eigenvalue weighted by molar-refractivity contribution is 5.76. The molecule has 0 saturated heterocycles. The van der Waals surface area contributed by atoms with Crippen molar-refractivity contribution in [2.24, 2.45) is 5.73 Å². The predicted octanol–water partition coefficient (Wildman–Crippen LogP) is -1.78. The van der Waals surface area contributed by atoms with Gasteiger partial charge >= 0.3 is 0 Å². The summed E-state index contributed by atoms with van der Waals surface area (Å²) < 4.78 is 53.7. The highest BCUT2D eigenvalue weighted by Crippen LogP contribution is 1.86. The van der Waals surface area contributed by atoms with Gasteiger partial charge in [0.2, 0.25) is 5.91 Å². The average Bonchev–Trinajstić information content (AvgIpc) is 2.93. The van der Waals surface area contributed by atoms with Crippen LogP contribution in [0.4, 0.5) is 0 Å². The van der Waals surface area contributed by atoms with Gasteiger partial charge in [-0.05, 0) is 0 Å². The predicted molar refractivity (Wildman–Crippen MR) is 137 cm³/mol. The Hall–Kier alpha value is -1.01. The van der Waals surface area contributed by atoms with E-state index in [2.05, 4.69) is 5.32 Å². The molecule has 0 aromatic carbocycles. The number of carbonyl (C=O) groups excluding carboxylic acids is 1. The summed E-state index contributed by atoms with van der Waals surface area (Å²) in [6.07, 6.45) is 0. The van der Waals surface area contributed by atoms with E-state index in [1.807, 2.05) is 0 Å². The molecule has 228 valence electrons. The SMILES string of the molecule is NCCOCCOCCOCCOCCOCCOCCOCCOCCOCCOCCNC(=O)CO. The van der Waals surface area contributed by atoms with E-state index in [1.165, 1.54) is 0 Å². The van der Waals surface area contributed by atoms with Crippen LogP contribution in [0.5, 0.6) is 0 Å². The molecule has 38 heavy (non-hydrogen) atoms. The fraction of sp³-hybridized carbons (Fsp3) is 0.958. The van der Waals surface area contributed by atoms with Crippen LogP contribution < -0.4 is 11.1 Å². The lowest BCUT2D eigenvalue weighted by Crippen LogP contribution is -2.29. The first kappa shape index (κ1) is 37.0. The summed E-state index contributed by atoms with van der Waals surface area (Å²) in [6.45, 7) is 10.2. The van der Waals surface area contributed by atoms with E-state index in [-0.39, 0.29) is 0 Å². The second-order valence-electron chi connectivity index (χ2n) is 7.42.